The zero-order chi connectivity index (χ0) is 18.7. The Morgan fingerprint density at radius 1 is 0.962 bits per heavy atom. The largest absolute Gasteiger partial charge is 0.304 e. The van der Waals surface area contributed by atoms with Crippen LogP contribution in [0.15, 0.2) is 47.4 Å². The molecule has 2 aromatic rings. The van der Waals surface area contributed by atoms with E-state index in [9.17, 15) is 8.42 Å². The lowest BCUT2D eigenvalue weighted by Crippen LogP contribution is -2.43. The Balaban J connectivity index is 1.66. The van der Waals surface area contributed by atoms with Gasteiger partial charge in [-0.25, -0.2) is 8.42 Å². The summed E-state index contributed by atoms with van der Waals surface area (Å²) in [4.78, 5) is 4.75. The van der Waals surface area contributed by atoms with Crippen LogP contribution in [0.25, 0.3) is 0 Å². The highest BCUT2D eigenvalue weighted by atomic mass is 35.5. The van der Waals surface area contributed by atoms with Crippen molar-refractivity contribution < 1.29 is 8.42 Å². The Bertz CT molecular complexity index is 844. The van der Waals surface area contributed by atoms with Crippen LogP contribution in [0.3, 0.4) is 0 Å². The molecule has 5 nitrogen and oxygen atoms in total. The summed E-state index contributed by atoms with van der Waals surface area (Å²) in [5.41, 5.74) is 1.66. The van der Waals surface area contributed by atoms with Crippen molar-refractivity contribution in [3.05, 3.63) is 58.1 Å². The van der Waals surface area contributed by atoms with Crippen molar-refractivity contribution in [1.29, 1.82) is 0 Å². The van der Waals surface area contributed by atoms with Crippen LogP contribution in [-0.2, 0) is 16.6 Å². The van der Waals surface area contributed by atoms with E-state index < -0.39 is 10.0 Å². The maximum atomic E-state index is 12.5. The minimum Gasteiger partial charge on any atom is -0.304 e. The molecule has 0 spiro atoms. The van der Waals surface area contributed by atoms with Crippen molar-refractivity contribution in [2.75, 3.05) is 37.9 Å². The van der Waals surface area contributed by atoms with Crippen LogP contribution in [0, 0.1) is 0 Å². The average Bonchev–Trinajstić information content (AvgIpc) is 2.58. The lowest BCUT2D eigenvalue weighted by Gasteiger charge is -2.32. The minimum atomic E-state index is -3.74. The molecular weight excluding hydrogens is 393 g/mol. The first kappa shape index (κ1) is 19.5. The third kappa shape index (κ3) is 5.11. The van der Waals surface area contributed by atoms with Gasteiger partial charge in [0.05, 0.1) is 4.90 Å². The fraction of sp³-hybridized carbons (Fsp3) is 0.333. The number of hydrogen-bond donors (Lipinski definition) is 1. The standard InChI is InChI=1S/C18H21Cl2N3O2S/c1-22-6-8-23(9-7-22)13-14-2-4-17(5-3-14)21-26(24,25)18-11-15(19)10-16(20)12-18/h2-5,10-12,21H,6-9,13H2,1H3. The number of nitrogens with one attached hydrogen (secondary N) is 1. The van der Waals surface area contributed by atoms with Gasteiger partial charge in [-0.3, -0.25) is 9.62 Å². The van der Waals surface area contributed by atoms with Gasteiger partial charge >= 0.3 is 0 Å². The molecule has 0 bridgehead atoms. The normalized spacial score (nSPS) is 16.6. The van der Waals surface area contributed by atoms with Gasteiger partial charge in [-0.2, -0.15) is 0 Å². The summed E-state index contributed by atoms with van der Waals surface area (Å²) in [5.74, 6) is 0. The summed E-state index contributed by atoms with van der Waals surface area (Å²) in [6, 6.07) is 11.7. The molecule has 0 amide bonds. The molecular formula is C18H21Cl2N3O2S. The Morgan fingerprint density at radius 2 is 1.54 bits per heavy atom. The van der Waals surface area contributed by atoms with Crippen LogP contribution in [-0.4, -0.2) is 51.4 Å². The summed E-state index contributed by atoms with van der Waals surface area (Å²) in [5, 5.41) is 0.556. The van der Waals surface area contributed by atoms with E-state index in [1.165, 1.54) is 18.2 Å². The Labute approximate surface area is 164 Å². The number of piperazine rings is 1. The predicted octanol–water partition coefficient (Wildman–Crippen LogP) is 3.54. The van der Waals surface area contributed by atoms with Crippen LogP contribution in [0.5, 0.6) is 0 Å². The third-order valence-corrected chi connectivity index (χ3v) is 6.15. The third-order valence-electron chi connectivity index (χ3n) is 4.35. The maximum absolute atomic E-state index is 12.5. The molecule has 1 heterocycles. The highest BCUT2D eigenvalue weighted by Crippen LogP contribution is 2.24. The highest BCUT2D eigenvalue weighted by Gasteiger charge is 2.17. The van der Waals surface area contributed by atoms with Crippen molar-refractivity contribution in [3.8, 4) is 0 Å². The van der Waals surface area contributed by atoms with E-state index in [0.29, 0.717) is 5.69 Å². The predicted molar refractivity (Wildman–Crippen MR) is 106 cm³/mol. The second-order valence-electron chi connectivity index (χ2n) is 6.49. The minimum absolute atomic E-state index is 0.0384. The van der Waals surface area contributed by atoms with Crippen LogP contribution >= 0.6 is 23.2 Å². The van der Waals surface area contributed by atoms with Crippen molar-refractivity contribution in [2.24, 2.45) is 0 Å². The van der Waals surface area contributed by atoms with Crippen LogP contribution in [0.1, 0.15) is 5.56 Å². The van der Waals surface area contributed by atoms with Gasteiger partial charge in [-0.1, -0.05) is 35.3 Å². The molecule has 26 heavy (non-hydrogen) atoms. The molecule has 0 atom stereocenters. The molecule has 0 aliphatic carbocycles. The lowest BCUT2D eigenvalue weighted by atomic mass is 10.2. The quantitative estimate of drug-likeness (QED) is 0.813. The fourth-order valence-corrected chi connectivity index (χ4v) is 4.62. The summed E-state index contributed by atoms with van der Waals surface area (Å²) >= 11 is 11.8. The highest BCUT2D eigenvalue weighted by molar-refractivity contribution is 7.92. The van der Waals surface area contributed by atoms with E-state index in [0.717, 1.165) is 38.3 Å². The zero-order valence-corrected chi connectivity index (χ0v) is 16.8. The van der Waals surface area contributed by atoms with E-state index in [1.807, 2.05) is 12.1 Å². The Hall–Kier alpha value is -1.31. The van der Waals surface area contributed by atoms with Gasteiger partial charge in [0, 0.05) is 48.5 Å². The van der Waals surface area contributed by atoms with Crippen molar-refractivity contribution in [3.63, 3.8) is 0 Å². The molecule has 2 aromatic carbocycles. The van der Waals surface area contributed by atoms with Gasteiger partial charge < -0.3 is 4.90 Å². The van der Waals surface area contributed by atoms with Gasteiger partial charge in [0.15, 0.2) is 0 Å². The molecule has 0 unspecified atom stereocenters. The molecule has 0 saturated carbocycles. The Morgan fingerprint density at radius 3 is 2.12 bits per heavy atom. The first-order valence-corrected chi connectivity index (χ1v) is 10.5. The van der Waals surface area contributed by atoms with E-state index in [2.05, 4.69) is 21.6 Å². The summed E-state index contributed by atoms with van der Waals surface area (Å²) in [6.07, 6.45) is 0. The van der Waals surface area contributed by atoms with E-state index in [1.54, 1.807) is 12.1 Å². The van der Waals surface area contributed by atoms with Gasteiger partial charge in [-0.05, 0) is 42.9 Å². The number of benzene rings is 2. The fourth-order valence-electron chi connectivity index (χ4n) is 2.84. The summed E-state index contributed by atoms with van der Waals surface area (Å²) in [7, 11) is -1.61. The van der Waals surface area contributed by atoms with E-state index in [-0.39, 0.29) is 14.9 Å². The van der Waals surface area contributed by atoms with Crippen molar-refractivity contribution in [2.45, 2.75) is 11.4 Å². The lowest BCUT2D eigenvalue weighted by molar-refractivity contribution is 0.148. The molecule has 1 N–H and O–H groups in total. The monoisotopic (exact) mass is 413 g/mol. The molecule has 1 aliphatic rings. The number of rotatable bonds is 5. The van der Waals surface area contributed by atoms with Crippen LogP contribution in [0.4, 0.5) is 5.69 Å². The molecule has 8 heteroatoms. The van der Waals surface area contributed by atoms with Gasteiger partial charge in [-0.15, -0.1) is 0 Å². The van der Waals surface area contributed by atoms with Gasteiger partial charge in [0.1, 0.15) is 0 Å². The number of nitrogens with zero attached hydrogens (tertiary/aromatic N) is 2. The smallest absolute Gasteiger partial charge is 0.261 e. The molecule has 1 aliphatic heterocycles. The first-order valence-electron chi connectivity index (χ1n) is 8.30. The molecule has 1 saturated heterocycles. The average molecular weight is 414 g/mol. The number of halogens is 2. The van der Waals surface area contributed by atoms with E-state index in [4.69, 9.17) is 23.2 Å². The van der Waals surface area contributed by atoms with Crippen molar-refractivity contribution >= 4 is 38.9 Å². The molecule has 0 radical (unpaired) electrons. The zero-order valence-electron chi connectivity index (χ0n) is 14.5. The van der Waals surface area contributed by atoms with Crippen LogP contribution in [0.2, 0.25) is 10.0 Å². The molecule has 140 valence electrons. The van der Waals surface area contributed by atoms with Gasteiger partial charge in [0.2, 0.25) is 0 Å². The topological polar surface area (TPSA) is 52.6 Å². The van der Waals surface area contributed by atoms with Crippen molar-refractivity contribution in [1.82, 2.24) is 9.80 Å². The van der Waals surface area contributed by atoms with Crippen LogP contribution < -0.4 is 4.72 Å². The number of sulfonamides is 1. The molecule has 3 rings (SSSR count). The molecule has 0 aromatic heterocycles. The molecule has 1 fully saturated rings. The SMILES string of the molecule is CN1CCN(Cc2ccc(NS(=O)(=O)c3cc(Cl)cc(Cl)c3)cc2)CC1. The number of likely N-dealkylation sites (N-methyl/N-ethyl adjacent to an activating group) is 1. The second kappa shape index (κ2) is 8.15. The first-order chi connectivity index (χ1) is 12.3. The number of anilines is 1. The van der Waals surface area contributed by atoms with E-state index >= 15 is 0 Å². The summed E-state index contributed by atoms with van der Waals surface area (Å²) in [6.45, 7) is 5.09. The summed E-state index contributed by atoms with van der Waals surface area (Å²) < 4.78 is 27.6. The van der Waals surface area contributed by atoms with Gasteiger partial charge in [0.25, 0.3) is 10.0 Å². The number of hydrogen-bond acceptors (Lipinski definition) is 4. The Kier molecular flexibility index (Phi) is 6.10. The second-order valence-corrected chi connectivity index (χ2v) is 9.04. The maximum Gasteiger partial charge on any atom is 0.261 e.